The number of nitrogens with one attached hydrogen (secondary N) is 2. The lowest BCUT2D eigenvalue weighted by Crippen LogP contribution is -2.56. The summed E-state index contributed by atoms with van der Waals surface area (Å²) in [5.74, 6) is -0.320. The fourth-order valence-corrected chi connectivity index (χ4v) is 3.10. The summed E-state index contributed by atoms with van der Waals surface area (Å²) in [7, 11) is 0. The highest BCUT2D eigenvalue weighted by Gasteiger charge is 2.48. The number of anilines is 1. The average Bonchev–Trinajstić information content (AvgIpc) is 3.22. The minimum atomic E-state index is -1.19. The molecule has 1 aliphatic heterocycles. The molecule has 3 rings (SSSR count). The molecule has 5 atom stereocenters. The summed E-state index contributed by atoms with van der Waals surface area (Å²) in [5, 5.41) is 22.6. The first kappa shape index (κ1) is 19.4. The number of hydrogen-bond acceptors (Lipinski definition) is 8. The van der Waals surface area contributed by atoms with Crippen LogP contribution in [0.5, 0.6) is 0 Å². The van der Waals surface area contributed by atoms with Gasteiger partial charge in [0.15, 0.2) is 18.5 Å². The Morgan fingerprint density at radius 3 is 3.00 bits per heavy atom. The summed E-state index contributed by atoms with van der Waals surface area (Å²) in [6.45, 7) is -1.02. The lowest BCUT2D eigenvalue weighted by molar-refractivity contribution is -0.740. The average molecular weight is 384 g/mol. The number of hydrogen-bond donors (Lipinski definition) is 6. The number of nitrogen functional groups attached to an aromatic ring is 1. The molecule has 0 radical (unpaired) electrons. The molecule has 0 bridgehead atoms. The van der Waals surface area contributed by atoms with Crippen molar-refractivity contribution in [2.45, 2.75) is 43.4 Å². The second kappa shape index (κ2) is 8.08. The Morgan fingerprint density at radius 1 is 1.52 bits per heavy atom. The van der Waals surface area contributed by atoms with Crippen molar-refractivity contribution < 1.29 is 28.7 Å². The monoisotopic (exact) mass is 384 g/mol. The van der Waals surface area contributed by atoms with Gasteiger partial charge in [0.2, 0.25) is 17.7 Å². The van der Waals surface area contributed by atoms with Crippen molar-refractivity contribution in [2.75, 3.05) is 19.0 Å². The van der Waals surface area contributed by atoms with E-state index in [1.165, 1.54) is 12.7 Å². The van der Waals surface area contributed by atoms with Crippen molar-refractivity contribution in [3.8, 4) is 0 Å². The van der Waals surface area contributed by atoms with Gasteiger partial charge >= 0.3 is 5.65 Å². The first-order valence-corrected chi connectivity index (χ1v) is 8.53. The van der Waals surface area contributed by atoms with Gasteiger partial charge in [-0.15, -0.1) is 0 Å². The molecule has 2 unspecified atom stereocenters. The van der Waals surface area contributed by atoms with Crippen molar-refractivity contribution in [1.29, 1.82) is 0 Å². The normalized spacial score (nSPS) is 26.4. The van der Waals surface area contributed by atoms with Gasteiger partial charge in [-0.05, 0) is 12.8 Å². The number of H-pyrrole nitrogens is 1. The number of ether oxygens (including phenoxy) is 1. The highest BCUT2D eigenvalue weighted by atomic mass is 19.1. The summed E-state index contributed by atoms with van der Waals surface area (Å²) in [6.07, 6.45) is 0.149. The summed E-state index contributed by atoms with van der Waals surface area (Å²) in [5.41, 5.74) is 12.4. The number of nitrogens with two attached hydrogens (primary N) is 2. The maximum absolute atomic E-state index is 12.3. The highest BCUT2D eigenvalue weighted by Crippen LogP contribution is 2.27. The number of alkyl halides is 1. The molecule has 0 spiro atoms. The third-order valence-electron chi connectivity index (χ3n) is 4.57. The Bertz CT molecular complexity index is 804. The van der Waals surface area contributed by atoms with Crippen LogP contribution in [0.15, 0.2) is 12.7 Å². The van der Waals surface area contributed by atoms with Crippen LogP contribution in [-0.2, 0) is 9.53 Å². The van der Waals surface area contributed by atoms with E-state index in [1.54, 1.807) is 4.57 Å². The summed E-state index contributed by atoms with van der Waals surface area (Å²) in [4.78, 5) is 23.3. The standard InChI is InChI=1S/C15H22FN7O4/c16-3-1-2-7(17)14(26)22-9-11(25)8(4-24)27-15(9)23-6-21-10-12(18)19-5-20-13(10)23/h5-9,11,15,24-25H,1-4,17H2,(H3,18,19,20,22,26)/p+1/t7?,8-,9?,11+,15-/m1/s1. The second-order valence-corrected chi connectivity index (χ2v) is 6.35. The molecular formula is C15H23FN7O4+. The largest absolute Gasteiger partial charge is 0.394 e. The van der Waals surface area contributed by atoms with E-state index < -0.39 is 49.7 Å². The van der Waals surface area contributed by atoms with Crippen molar-refractivity contribution in [3.63, 3.8) is 0 Å². The Morgan fingerprint density at radius 2 is 2.30 bits per heavy atom. The van der Waals surface area contributed by atoms with Gasteiger partial charge in [-0.2, -0.15) is 4.98 Å². The van der Waals surface area contributed by atoms with E-state index in [9.17, 15) is 19.4 Å². The van der Waals surface area contributed by atoms with Crippen LogP contribution in [0.1, 0.15) is 19.1 Å². The van der Waals surface area contributed by atoms with Gasteiger partial charge < -0.3 is 31.7 Å². The van der Waals surface area contributed by atoms with Gasteiger partial charge in [0.1, 0.15) is 18.2 Å². The van der Waals surface area contributed by atoms with Gasteiger partial charge in [0.25, 0.3) is 0 Å². The zero-order valence-corrected chi connectivity index (χ0v) is 14.5. The molecule has 2 aromatic rings. The number of carbonyl (C=O) groups excluding carboxylic acids is 1. The molecule has 27 heavy (non-hydrogen) atoms. The molecule has 1 amide bonds. The first-order chi connectivity index (χ1) is 13.0. The number of aromatic nitrogens is 4. The summed E-state index contributed by atoms with van der Waals surface area (Å²) in [6, 6.07) is -1.83. The van der Waals surface area contributed by atoms with Crippen molar-refractivity contribution in [2.24, 2.45) is 5.73 Å². The number of carbonyl (C=O) groups is 1. The molecule has 0 aliphatic carbocycles. The topological polar surface area (TPSA) is 176 Å². The molecule has 8 N–H and O–H groups in total. The van der Waals surface area contributed by atoms with Crippen LogP contribution >= 0.6 is 0 Å². The summed E-state index contributed by atoms with van der Waals surface area (Å²) < 4.78 is 19.6. The van der Waals surface area contributed by atoms with E-state index in [-0.39, 0.29) is 18.7 Å². The Kier molecular flexibility index (Phi) is 5.79. The van der Waals surface area contributed by atoms with Gasteiger partial charge in [-0.1, -0.05) is 4.98 Å². The predicted molar refractivity (Wildman–Crippen MR) is 90.6 cm³/mol. The molecule has 2 aromatic heterocycles. The number of imidazole rings is 1. The van der Waals surface area contributed by atoms with E-state index in [4.69, 9.17) is 16.2 Å². The number of rotatable bonds is 7. The summed E-state index contributed by atoms with van der Waals surface area (Å²) >= 11 is 0. The van der Waals surface area contributed by atoms with Crippen LogP contribution in [0, 0.1) is 0 Å². The highest BCUT2D eigenvalue weighted by molar-refractivity contribution is 5.82. The molecule has 148 valence electrons. The molecule has 1 aliphatic rings. The molecule has 1 fully saturated rings. The number of aliphatic hydroxyl groups is 2. The SMILES string of the molecule is Nc1ncnc2c1[nH]c[n+]2[C@@H]1O[C@H](CO)[C@H](O)C1NC(=O)C(N)CCCF. The van der Waals surface area contributed by atoms with Crippen LogP contribution < -0.4 is 21.4 Å². The van der Waals surface area contributed by atoms with Gasteiger partial charge in [-0.3, -0.25) is 14.2 Å². The maximum atomic E-state index is 12.3. The fraction of sp³-hybridized carbons (Fsp3) is 0.600. The number of amides is 1. The number of nitrogens with zero attached hydrogens (tertiary/aromatic N) is 3. The molecule has 11 nitrogen and oxygen atoms in total. The molecule has 0 saturated carbocycles. The fourth-order valence-electron chi connectivity index (χ4n) is 3.10. The minimum Gasteiger partial charge on any atom is -0.394 e. The van der Waals surface area contributed by atoms with Gasteiger partial charge in [0, 0.05) is 0 Å². The van der Waals surface area contributed by atoms with E-state index in [0.29, 0.717) is 11.2 Å². The third kappa shape index (κ3) is 3.69. The molecule has 12 heteroatoms. The number of aromatic amines is 1. The van der Waals surface area contributed by atoms with Gasteiger partial charge in [0.05, 0.1) is 19.3 Å². The molecule has 0 aromatic carbocycles. The Hall–Kier alpha value is -2.41. The van der Waals surface area contributed by atoms with Crippen molar-refractivity contribution in [3.05, 3.63) is 12.7 Å². The van der Waals surface area contributed by atoms with Crippen LogP contribution in [0.25, 0.3) is 11.2 Å². The first-order valence-electron chi connectivity index (χ1n) is 8.53. The second-order valence-electron chi connectivity index (χ2n) is 6.35. The Balaban J connectivity index is 1.87. The Labute approximate surface area is 153 Å². The van der Waals surface area contributed by atoms with E-state index in [2.05, 4.69) is 20.3 Å². The van der Waals surface area contributed by atoms with Crippen LogP contribution in [0.3, 0.4) is 0 Å². The molecule has 3 heterocycles. The van der Waals surface area contributed by atoms with E-state index >= 15 is 0 Å². The third-order valence-corrected chi connectivity index (χ3v) is 4.57. The number of halogens is 1. The van der Waals surface area contributed by atoms with Gasteiger partial charge in [-0.25, -0.2) is 4.57 Å². The van der Waals surface area contributed by atoms with Crippen molar-refractivity contribution >= 4 is 22.9 Å². The van der Waals surface area contributed by atoms with E-state index in [0.717, 1.165) is 0 Å². The maximum Gasteiger partial charge on any atom is 0.309 e. The number of aliphatic hydroxyl groups excluding tert-OH is 2. The lowest BCUT2D eigenvalue weighted by atomic mass is 10.1. The minimum absolute atomic E-state index is 0.161. The van der Waals surface area contributed by atoms with Crippen molar-refractivity contribution in [1.82, 2.24) is 20.3 Å². The quantitative estimate of drug-likeness (QED) is 0.287. The smallest absolute Gasteiger partial charge is 0.309 e. The van der Waals surface area contributed by atoms with Crippen LogP contribution in [0.4, 0.5) is 10.2 Å². The predicted octanol–water partition coefficient (Wildman–Crippen LogP) is -2.36. The lowest BCUT2D eigenvalue weighted by Gasteiger charge is -2.22. The van der Waals surface area contributed by atoms with Crippen LogP contribution in [0.2, 0.25) is 0 Å². The number of fused-ring (bicyclic) bond motifs is 1. The zero-order chi connectivity index (χ0) is 19.6. The molecular weight excluding hydrogens is 361 g/mol. The van der Waals surface area contributed by atoms with E-state index in [1.807, 2.05) is 0 Å². The van der Waals surface area contributed by atoms with Crippen LogP contribution in [-0.4, -0.2) is 68.6 Å². The zero-order valence-electron chi connectivity index (χ0n) is 14.5. The molecule has 1 saturated heterocycles.